The number of pyridine rings is 1. The highest BCUT2D eigenvalue weighted by atomic mass is 16.6. The van der Waals surface area contributed by atoms with E-state index in [9.17, 15) is 9.59 Å². The molecule has 0 fully saturated rings. The van der Waals surface area contributed by atoms with Crippen molar-refractivity contribution >= 4 is 28.3 Å². The first-order valence-electron chi connectivity index (χ1n) is 9.27. The van der Waals surface area contributed by atoms with Gasteiger partial charge in [0.2, 0.25) is 5.91 Å². The molecule has 0 bridgehead atoms. The van der Waals surface area contributed by atoms with Crippen molar-refractivity contribution in [3.05, 3.63) is 60.3 Å². The van der Waals surface area contributed by atoms with Gasteiger partial charge in [-0.05, 0) is 36.8 Å². The maximum atomic E-state index is 12.4. The van der Waals surface area contributed by atoms with Gasteiger partial charge in [-0.25, -0.2) is 0 Å². The molecule has 0 radical (unpaired) electrons. The Kier molecular flexibility index (Phi) is 5.19. The Morgan fingerprint density at radius 3 is 2.68 bits per heavy atom. The van der Waals surface area contributed by atoms with Gasteiger partial charge in [0.1, 0.15) is 13.2 Å². The van der Waals surface area contributed by atoms with E-state index >= 15 is 0 Å². The number of hydrogen-bond acceptors (Lipinski definition) is 5. The van der Waals surface area contributed by atoms with Gasteiger partial charge in [0, 0.05) is 30.0 Å². The van der Waals surface area contributed by atoms with Crippen molar-refractivity contribution < 1.29 is 19.1 Å². The Bertz CT molecular complexity index is 1030. The number of ether oxygens (including phenoxy) is 2. The van der Waals surface area contributed by atoms with Gasteiger partial charge in [-0.1, -0.05) is 18.2 Å². The molecule has 3 aromatic rings. The van der Waals surface area contributed by atoms with Crippen LogP contribution in [-0.4, -0.2) is 29.9 Å². The fraction of sp³-hybridized carbons (Fsp3) is 0.227. The van der Waals surface area contributed by atoms with Crippen LogP contribution in [0.5, 0.6) is 11.5 Å². The summed E-state index contributed by atoms with van der Waals surface area (Å²) in [5.74, 6) is 1.11. The van der Waals surface area contributed by atoms with Crippen LogP contribution in [0.1, 0.15) is 29.6 Å². The maximum Gasteiger partial charge on any atom is 0.224 e. The molecular weight excluding hydrogens is 356 g/mol. The number of Topliss-reactive ketones (excluding diaryl/α,β-unsaturated/α-hetero) is 1. The van der Waals surface area contributed by atoms with Crippen LogP contribution in [0.25, 0.3) is 10.9 Å². The van der Waals surface area contributed by atoms with Gasteiger partial charge >= 0.3 is 0 Å². The number of carbonyl (C=O) groups is 2. The molecule has 2 aromatic carbocycles. The highest BCUT2D eigenvalue weighted by Gasteiger charge is 2.15. The molecule has 1 amide bonds. The third kappa shape index (κ3) is 3.96. The van der Waals surface area contributed by atoms with E-state index in [2.05, 4.69) is 10.3 Å². The van der Waals surface area contributed by atoms with Crippen molar-refractivity contribution in [1.82, 2.24) is 4.98 Å². The highest BCUT2D eigenvalue weighted by molar-refractivity contribution is 6.00. The molecule has 0 atom stereocenters. The zero-order valence-electron chi connectivity index (χ0n) is 15.3. The van der Waals surface area contributed by atoms with Crippen LogP contribution >= 0.6 is 0 Å². The number of fused-ring (bicyclic) bond motifs is 2. The van der Waals surface area contributed by atoms with Crippen molar-refractivity contribution in [2.75, 3.05) is 18.5 Å². The Morgan fingerprint density at radius 1 is 0.964 bits per heavy atom. The topological polar surface area (TPSA) is 77.5 Å². The Balaban J connectivity index is 1.32. The van der Waals surface area contributed by atoms with Crippen LogP contribution in [0.2, 0.25) is 0 Å². The molecule has 0 aliphatic carbocycles. The summed E-state index contributed by atoms with van der Waals surface area (Å²) in [6.07, 6.45) is 2.72. The number of anilines is 1. The quantitative estimate of drug-likeness (QED) is 0.658. The second-order valence-electron chi connectivity index (χ2n) is 6.56. The van der Waals surface area contributed by atoms with E-state index in [4.69, 9.17) is 9.47 Å². The van der Waals surface area contributed by atoms with Crippen LogP contribution in [0, 0.1) is 0 Å². The van der Waals surface area contributed by atoms with Gasteiger partial charge in [0.25, 0.3) is 0 Å². The van der Waals surface area contributed by atoms with Crippen molar-refractivity contribution in [3.63, 3.8) is 0 Å². The predicted octanol–water partition coefficient (Wildman–Crippen LogP) is 4.00. The molecule has 0 unspecified atom stereocenters. The second kappa shape index (κ2) is 8.08. The molecule has 1 aromatic heterocycles. The van der Waals surface area contributed by atoms with Crippen LogP contribution in [-0.2, 0) is 4.79 Å². The number of para-hydroxylation sites is 1. The third-order valence-electron chi connectivity index (χ3n) is 4.58. The number of nitrogens with zero attached hydrogens (tertiary/aromatic N) is 1. The third-order valence-corrected chi connectivity index (χ3v) is 4.58. The summed E-state index contributed by atoms with van der Waals surface area (Å²) < 4.78 is 11.0. The van der Waals surface area contributed by atoms with Crippen molar-refractivity contribution in [2.24, 2.45) is 0 Å². The average Bonchev–Trinajstić information content (AvgIpc) is 2.73. The molecule has 6 heteroatoms. The summed E-state index contributed by atoms with van der Waals surface area (Å²) in [6.45, 7) is 0.996. The number of ketones is 1. The SMILES string of the molecule is O=C(CCCC(=O)c1ccc2c(c1)OCCO2)Nc1cccc2cccnc12. The summed E-state index contributed by atoms with van der Waals surface area (Å²) >= 11 is 0. The lowest BCUT2D eigenvalue weighted by Gasteiger charge is -2.18. The lowest BCUT2D eigenvalue weighted by atomic mass is 10.0. The largest absolute Gasteiger partial charge is 0.486 e. The maximum absolute atomic E-state index is 12.4. The Morgan fingerprint density at radius 2 is 1.79 bits per heavy atom. The number of carbonyl (C=O) groups excluding carboxylic acids is 2. The molecule has 0 saturated heterocycles. The number of aromatic nitrogens is 1. The fourth-order valence-electron chi connectivity index (χ4n) is 3.19. The van der Waals surface area contributed by atoms with E-state index in [1.807, 2.05) is 30.3 Å². The van der Waals surface area contributed by atoms with E-state index in [0.717, 1.165) is 10.9 Å². The van der Waals surface area contributed by atoms with Gasteiger partial charge in [0.15, 0.2) is 17.3 Å². The smallest absolute Gasteiger partial charge is 0.224 e. The number of benzene rings is 2. The lowest BCUT2D eigenvalue weighted by Crippen LogP contribution is -2.16. The number of nitrogens with one attached hydrogen (secondary N) is 1. The minimum atomic E-state index is -0.131. The minimum Gasteiger partial charge on any atom is -0.486 e. The van der Waals surface area contributed by atoms with Gasteiger partial charge in [0.05, 0.1) is 11.2 Å². The number of rotatable bonds is 6. The van der Waals surface area contributed by atoms with Crippen molar-refractivity contribution in [1.29, 1.82) is 0 Å². The molecule has 1 aliphatic rings. The number of amides is 1. The Hall–Kier alpha value is -3.41. The predicted molar refractivity (Wildman–Crippen MR) is 106 cm³/mol. The Labute approximate surface area is 162 Å². The average molecular weight is 376 g/mol. The molecule has 2 heterocycles. The molecule has 6 nitrogen and oxygen atoms in total. The molecule has 1 N–H and O–H groups in total. The zero-order chi connectivity index (χ0) is 19.3. The van der Waals surface area contributed by atoms with Gasteiger partial charge in [-0.3, -0.25) is 14.6 Å². The molecule has 28 heavy (non-hydrogen) atoms. The molecular formula is C22H20N2O4. The van der Waals surface area contributed by atoms with E-state index in [1.54, 1.807) is 24.4 Å². The van der Waals surface area contributed by atoms with Crippen molar-refractivity contribution in [2.45, 2.75) is 19.3 Å². The van der Waals surface area contributed by atoms with Crippen LogP contribution in [0.15, 0.2) is 54.7 Å². The lowest BCUT2D eigenvalue weighted by molar-refractivity contribution is -0.116. The van der Waals surface area contributed by atoms with Crippen LogP contribution in [0.3, 0.4) is 0 Å². The van der Waals surface area contributed by atoms with E-state index in [0.29, 0.717) is 48.8 Å². The van der Waals surface area contributed by atoms with Crippen LogP contribution < -0.4 is 14.8 Å². The standard InChI is InChI=1S/C22H20N2O4/c25-18(16-9-10-19-20(14-16)28-13-12-27-19)7-2-8-21(26)24-17-6-1-4-15-5-3-11-23-22(15)17/h1,3-6,9-11,14H,2,7-8,12-13H2,(H,24,26). The molecule has 0 spiro atoms. The normalized spacial score (nSPS) is 12.6. The molecule has 4 rings (SSSR count). The summed E-state index contributed by atoms with van der Waals surface area (Å²) in [7, 11) is 0. The highest BCUT2D eigenvalue weighted by Crippen LogP contribution is 2.31. The first kappa shape index (κ1) is 18.0. The zero-order valence-corrected chi connectivity index (χ0v) is 15.3. The fourth-order valence-corrected chi connectivity index (χ4v) is 3.19. The second-order valence-corrected chi connectivity index (χ2v) is 6.56. The monoisotopic (exact) mass is 376 g/mol. The first-order valence-corrected chi connectivity index (χ1v) is 9.27. The summed E-state index contributed by atoms with van der Waals surface area (Å²) in [5, 5.41) is 3.86. The minimum absolute atomic E-state index is 0.0170. The summed E-state index contributed by atoms with van der Waals surface area (Å²) in [6, 6.07) is 14.7. The molecule has 142 valence electrons. The van der Waals surface area contributed by atoms with Crippen LogP contribution in [0.4, 0.5) is 5.69 Å². The van der Waals surface area contributed by atoms with Gasteiger partial charge < -0.3 is 14.8 Å². The van der Waals surface area contributed by atoms with E-state index in [-0.39, 0.29) is 18.1 Å². The molecule has 1 aliphatic heterocycles. The van der Waals surface area contributed by atoms with E-state index < -0.39 is 0 Å². The van der Waals surface area contributed by atoms with Crippen molar-refractivity contribution in [3.8, 4) is 11.5 Å². The summed E-state index contributed by atoms with van der Waals surface area (Å²) in [5.41, 5.74) is 2.01. The molecule has 0 saturated carbocycles. The summed E-state index contributed by atoms with van der Waals surface area (Å²) in [4.78, 5) is 29.0. The first-order chi connectivity index (χ1) is 13.7. The van der Waals surface area contributed by atoms with E-state index in [1.165, 1.54) is 0 Å². The van der Waals surface area contributed by atoms with Gasteiger partial charge in [-0.2, -0.15) is 0 Å². The van der Waals surface area contributed by atoms with Gasteiger partial charge in [-0.15, -0.1) is 0 Å². The number of hydrogen-bond donors (Lipinski definition) is 1.